The number of esters is 2. The third-order valence-electron chi connectivity index (χ3n) is 6.10. The van der Waals surface area contributed by atoms with Crippen LogP contribution in [0.2, 0.25) is 18.1 Å². The van der Waals surface area contributed by atoms with E-state index in [0.29, 0.717) is 0 Å². The van der Waals surface area contributed by atoms with Gasteiger partial charge in [-0.05, 0) is 36.9 Å². The summed E-state index contributed by atoms with van der Waals surface area (Å²) < 4.78 is 39.4. The maximum Gasteiger partial charge on any atom is 0.330 e. The van der Waals surface area contributed by atoms with Crippen LogP contribution in [-0.2, 0) is 37.1 Å². The Labute approximate surface area is 169 Å². The van der Waals surface area contributed by atoms with Crippen LogP contribution in [0.1, 0.15) is 33.6 Å². The number of ether oxygens (including phenoxy) is 2. The van der Waals surface area contributed by atoms with Gasteiger partial charge in [-0.15, -0.1) is 0 Å². The molecule has 1 fully saturated rings. The first kappa shape index (κ1) is 25.3. The van der Waals surface area contributed by atoms with Crippen molar-refractivity contribution in [3.63, 3.8) is 0 Å². The molecule has 8 nitrogen and oxygen atoms in total. The van der Waals surface area contributed by atoms with E-state index < -0.39 is 45.3 Å². The van der Waals surface area contributed by atoms with Crippen LogP contribution in [0.4, 0.5) is 0 Å². The van der Waals surface area contributed by atoms with Crippen molar-refractivity contribution in [1.29, 1.82) is 0 Å². The SMILES string of the molecule is COC(=O)C1(C(=O)OC)CC(O[Si](C)(C)C(C)(C)C)[C@@H](CP(=O)(OC)OC)C1. The fourth-order valence-electron chi connectivity index (χ4n) is 3.37. The topological polar surface area (TPSA) is 97.4 Å². The van der Waals surface area contributed by atoms with Gasteiger partial charge in [0.1, 0.15) is 0 Å². The van der Waals surface area contributed by atoms with Crippen LogP contribution in [0, 0.1) is 11.3 Å². The molecule has 1 aliphatic rings. The van der Waals surface area contributed by atoms with E-state index in [4.69, 9.17) is 22.9 Å². The number of hydrogen-bond acceptors (Lipinski definition) is 8. The van der Waals surface area contributed by atoms with Crippen LogP contribution < -0.4 is 0 Å². The van der Waals surface area contributed by atoms with Gasteiger partial charge >= 0.3 is 19.5 Å². The average molecular weight is 439 g/mol. The summed E-state index contributed by atoms with van der Waals surface area (Å²) in [7, 11) is -0.509. The lowest BCUT2D eigenvalue weighted by Crippen LogP contribution is -2.46. The third-order valence-corrected chi connectivity index (χ3v) is 12.6. The fourth-order valence-corrected chi connectivity index (χ4v) is 6.14. The molecule has 0 aliphatic heterocycles. The molecule has 0 radical (unpaired) electrons. The highest BCUT2D eigenvalue weighted by Gasteiger charge is 2.60. The molecule has 10 heteroatoms. The number of carbonyl (C=O) groups excluding carboxylic acids is 2. The van der Waals surface area contributed by atoms with E-state index >= 15 is 0 Å². The molecule has 0 heterocycles. The monoisotopic (exact) mass is 438 g/mol. The van der Waals surface area contributed by atoms with Gasteiger partial charge in [0, 0.05) is 14.2 Å². The summed E-state index contributed by atoms with van der Waals surface area (Å²) in [5, 5.41) is -0.0778. The third kappa shape index (κ3) is 5.05. The van der Waals surface area contributed by atoms with Crippen LogP contribution in [0.15, 0.2) is 0 Å². The Bertz CT molecular complexity index is 604. The predicted octanol–water partition coefficient (Wildman–Crippen LogP) is 3.61. The van der Waals surface area contributed by atoms with Crippen LogP contribution in [0.25, 0.3) is 0 Å². The highest BCUT2D eigenvalue weighted by molar-refractivity contribution is 7.53. The molecule has 1 saturated carbocycles. The summed E-state index contributed by atoms with van der Waals surface area (Å²) in [6, 6.07) is 0. The molecule has 28 heavy (non-hydrogen) atoms. The Morgan fingerprint density at radius 2 is 1.46 bits per heavy atom. The number of rotatable bonds is 8. The molecular weight excluding hydrogens is 403 g/mol. The van der Waals surface area contributed by atoms with Gasteiger partial charge in [0.25, 0.3) is 0 Å². The van der Waals surface area contributed by atoms with E-state index in [1.807, 2.05) is 0 Å². The van der Waals surface area contributed by atoms with Crippen molar-refractivity contribution in [3.8, 4) is 0 Å². The molecule has 1 rings (SSSR count). The first-order chi connectivity index (χ1) is 12.7. The van der Waals surface area contributed by atoms with E-state index in [-0.39, 0.29) is 24.0 Å². The van der Waals surface area contributed by atoms with Crippen molar-refractivity contribution in [2.24, 2.45) is 11.3 Å². The Morgan fingerprint density at radius 3 is 1.82 bits per heavy atom. The second-order valence-electron chi connectivity index (χ2n) is 8.81. The lowest BCUT2D eigenvalue weighted by molar-refractivity contribution is -0.169. The maximum atomic E-state index is 12.8. The lowest BCUT2D eigenvalue weighted by Gasteiger charge is -2.40. The summed E-state index contributed by atoms with van der Waals surface area (Å²) in [4.78, 5) is 25.2. The Kier molecular flexibility index (Phi) is 8.10. The smallest absolute Gasteiger partial charge is 0.330 e. The number of methoxy groups -OCH3 is 2. The van der Waals surface area contributed by atoms with Crippen molar-refractivity contribution < 1.29 is 37.1 Å². The molecule has 1 unspecified atom stereocenters. The van der Waals surface area contributed by atoms with Gasteiger partial charge in [-0.1, -0.05) is 20.8 Å². The van der Waals surface area contributed by atoms with Gasteiger partial charge in [0.05, 0.1) is 26.5 Å². The minimum absolute atomic E-state index is 0.0367. The summed E-state index contributed by atoms with van der Waals surface area (Å²) in [5.41, 5.74) is -1.49. The van der Waals surface area contributed by atoms with Crippen molar-refractivity contribution in [2.45, 2.75) is 57.8 Å². The Hall–Kier alpha value is -0.733. The molecule has 0 aromatic rings. The molecular formula is C18H35O8PSi. The highest BCUT2D eigenvalue weighted by atomic mass is 31.2. The minimum atomic E-state index is -3.38. The molecule has 0 bridgehead atoms. The zero-order valence-corrected chi connectivity index (χ0v) is 20.4. The van der Waals surface area contributed by atoms with Crippen molar-refractivity contribution in [2.75, 3.05) is 34.6 Å². The molecule has 2 atom stereocenters. The lowest BCUT2D eigenvalue weighted by atomic mass is 9.85. The molecule has 0 N–H and O–H groups in total. The predicted molar refractivity (Wildman–Crippen MR) is 108 cm³/mol. The maximum absolute atomic E-state index is 12.8. The number of hydrogen-bond donors (Lipinski definition) is 0. The minimum Gasteiger partial charge on any atom is -0.468 e. The van der Waals surface area contributed by atoms with Crippen LogP contribution in [0.3, 0.4) is 0 Å². The van der Waals surface area contributed by atoms with Crippen LogP contribution in [-0.4, -0.2) is 61.0 Å². The Balaban J connectivity index is 3.36. The van der Waals surface area contributed by atoms with E-state index in [0.717, 1.165) is 0 Å². The summed E-state index contributed by atoms with van der Waals surface area (Å²) in [6.07, 6.45) is -0.230. The second-order valence-corrected chi connectivity index (χ2v) is 15.9. The molecule has 0 spiro atoms. The largest absolute Gasteiger partial charge is 0.468 e. The number of carbonyl (C=O) groups is 2. The van der Waals surface area contributed by atoms with Crippen molar-refractivity contribution in [3.05, 3.63) is 0 Å². The van der Waals surface area contributed by atoms with Crippen molar-refractivity contribution in [1.82, 2.24) is 0 Å². The van der Waals surface area contributed by atoms with Gasteiger partial charge in [0.15, 0.2) is 13.7 Å². The van der Waals surface area contributed by atoms with E-state index in [9.17, 15) is 14.2 Å². The quantitative estimate of drug-likeness (QED) is 0.245. The first-order valence-electron chi connectivity index (χ1n) is 9.27. The van der Waals surface area contributed by atoms with Crippen LogP contribution in [0.5, 0.6) is 0 Å². The van der Waals surface area contributed by atoms with E-state index in [1.165, 1.54) is 28.4 Å². The zero-order valence-electron chi connectivity index (χ0n) is 18.5. The van der Waals surface area contributed by atoms with E-state index in [2.05, 4.69) is 33.9 Å². The van der Waals surface area contributed by atoms with Gasteiger partial charge < -0.3 is 22.9 Å². The summed E-state index contributed by atoms with van der Waals surface area (Å²) in [5.74, 6) is -1.73. The second kappa shape index (κ2) is 8.96. The molecule has 0 saturated heterocycles. The summed E-state index contributed by atoms with van der Waals surface area (Å²) in [6.45, 7) is 10.5. The van der Waals surface area contributed by atoms with E-state index in [1.54, 1.807) is 0 Å². The molecule has 164 valence electrons. The van der Waals surface area contributed by atoms with Crippen molar-refractivity contribution >= 4 is 27.9 Å². The molecule has 0 amide bonds. The molecule has 1 aliphatic carbocycles. The fraction of sp³-hybridized carbons (Fsp3) is 0.889. The zero-order chi connectivity index (χ0) is 22.0. The molecule has 0 aromatic heterocycles. The van der Waals surface area contributed by atoms with Gasteiger partial charge in [-0.2, -0.15) is 0 Å². The first-order valence-corrected chi connectivity index (χ1v) is 13.9. The summed E-state index contributed by atoms with van der Waals surface area (Å²) >= 11 is 0. The van der Waals surface area contributed by atoms with Gasteiger partial charge in [-0.25, -0.2) is 0 Å². The Morgan fingerprint density at radius 1 is 1.00 bits per heavy atom. The molecule has 0 aromatic carbocycles. The van der Waals surface area contributed by atoms with Gasteiger partial charge in [-0.3, -0.25) is 14.2 Å². The standard InChI is InChI=1S/C18H35O8PSi/c1-17(2,3)28(8,9)26-14-11-18(15(19)22-4,16(20)23-5)10-13(14)12-27(21,24-6)25-7/h13-14H,10-12H2,1-9H3/t13-,14?/m1/s1. The normalized spacial score (nSPS) is 22.8. The van der Waals surface area contributed by atoms with Gasteiger partial charge in [0.2, 0.25) is 0 Å². The van der Waals surface area contributed by atoms with Crippen LogP contribution >= 0.6 is 7.60 Å². The highest BCUT2D eigenvalue weighted by Crippen LogP contribution is 2.55. The average Bonchev–Trinajstić information content (AvgIpc) is 2.97.